The lowest BCUT2D eigenvalue weighted by Gasteiger charge is -2.22. The van der Waals surface area contributed by atoms with E-state index in [0.29, 0.717) is 0 Å². The number of nitrogens with zero attached hydrogens (tertiary/aromatic N) is 1. The van der Waals surface area contributed by atoms with Gasteiger partial charge >= 0.3 is 0 Å². The lowest BCUT2D eigenvalue weighted by molar-refractivity contribution is 0.411. The Balaban J connectivity index is 1.52. The second-order valence-electron chi connectivity index (χ2n) is 13.6. The van der Waals surface area contributed by atoms with Gasteiger partial charge in [-0.25, -0.2) is 0 Å². The summed E-state index contributed by atoms with van der Waals surface area (Å²) in [4.78, 5) is 4.98. The summed E-state index contributed by atoms with van der Waals surface area (Å²) in [5.41, 5.74) is 10.7. The fraction of sp³-hybridized carbons (Fsp3) is 0.289. The van der Waals surface area contributed by atoms with Crippen molar-refractivity contribution in [3.05, 3.63) is 101 Å². The standard InChI is InChI=1S/C38H39NS/c1-23-19-25(22-37(3,4)5)13-14-28(23)29-15-16-31-32-17-18-39-34(36(32)40-35(31)24(29)2)27-20-26-11-9-10-12-30(26)33(21-27)38(6,7)8/h9-21H,22H2,1-8H3. The SMILES string of the molecule is Cc1cc(CC(C)(C)C)ccc1-c1ccc2c(sc3c(-c4cc(C(C)(C)C)c5ccccc5c4)nccc32)c1C. The monoisotopic (exact) mass is 541 g/mol. The van der Waals surface area contributed by atoms with E-state index in [-0.39, 0.29) is 10.8 Å². The van der Waals surface area contributed by atoms with Crippen LogP contribution in [0.5, 0.6) is 0 Å². The molecular weight excluding hydrogens is 502 g/mol. The number of fused-ring (bicyclic) bond motifs is 4. The van der Waals surface area contributed by atoms with Gasteiger partial charge in [-0.3, -0.25) is 4.98 Å². The number of aryl methyl sites for hydroxylation is 2. The molecule has 0 aliphatic carbocycles. The summed E-state index contributed by atoms with van der Waals surface area (Å²) >= 11 is 1.89. The fourth-order valence-electron chi connectivity index (χ4n) is 6.22. The zero-order valence-corrected chi connectivity index (χ0v) is 25.9. The van der Waals surface area contributed by atoms with Crippen molar-refractivity contribution in [3.8, 4) is 22.4 Å². The Bertz CT molecular complexity index is 1910. The first-order valence-electron chi connectivity index (χ1n) is 14.3. The number of hydrogen-bond donors (Lipinski definition) is 0. The maximum Gasteiger partial charge on any atom is 0.0880 e. The van der Waals surface area contributed by atoms with Gasteiger partial charge in [-0.2, -0.15) is 0 Å². The minimum absolute atomic E-state index is 0.0372. The Morgan fingerprint density at radius 2 is 1.43 bits per heavy atom. The molecule has 0 aliphatic rings. The quantitative estimate of drug-likeness (QED) is 0.217. The van der Waals surface area contributed by atoms with E-state index in [9.17, 15) is 0 Å². The molecule has 6 rings (SSSR count). The van der Waals surface area contributed by atoms with Crippen molar-refractivity contribution < 1.29 is 0 Å². The summed E-state index contributed by atoms with van der Waals surface area (Å²) < 4.78 is 2.63. The molecule has 0 spiro atoms. The Labute approximate surface area is 242 Å². The number of benzene rings is 4. The molecule has 0 unspecified atom stereocenters. The smallest absolute Gasteiger partial charge is 0.0880 e. The van der Waals surface area contributed by atoms with Gasteiger partial charge < -0.3 is 0 Å². The molecule has 0 aliphatic heterocycles. The van der Waals surface area contributed by atoms with Crippen molar-refractivity contribution in [1.29, 1.82) is 0 Å². The second kappa shape index (κ2) is 9.56. The van der Waals surface area contributed by atoms with Crippen molar-refractivity contribution in [1.82, 2.24) is 4.98 Å². The third kappa shape index (κ3) is 4.73. The van der Waals surface area contributed by atoms with Crippen LogP contribution in [0.15, 0.2) is 79.0 Å². The molecule has 0 saturated heterocycles. The van der Waals surface area contributed by atoms with Crippen LogP contribution in [0.4, 0.5) is 0 Å². The van der Waals surface area contributed by atoms with Gasteiger partial charge in [0.1, 0.15) is 0 Å². The zero-order valence-electron chi connectivity index (χ0n) is 25.1. The van der Waals surface area contributed by atoms with Gasteiger partial charge in [-0.05, 0) is 93.5 Å². The van der Waals surface area contributed by atoms with Crippen LogP contribution in [0.3, 0.4) is 0 Å². The van der Waals surface area contributed by atoms with Crippen LogP contribution < -0.4 is 0 Å². The van der Waals surface area contributed by atoms with Gasteiger partial charge in [0.25, 0.3) is 0 Å². The lowest BCUT2D eigenvalue weighted by Crippen LogP contribution is -2.12. The molecule has 40 heavy (non-hydrogen) atoms. The predicted molar refractivity (Wildman–Crippen MR) is 177 cm³/mol. The Kier molecular flexibility index (Phi) is 6.39. The number of rotatable bonds is 3. The van der Waals surface area contributed by atoms with E-state index in [2.05, 4.69) is 128 Å². The van der Waals surface area contributed by atoms with E-state index in [1.165, 1.54) is 69.9 Å². The largest absolute Gasteiger partial charge is 0.255 e. The first-order valence-corrected chi connectivity index (χ1v) is 15.2. The first kappa shape index (κ1) is 26.7. The maximum atomic E-state index is 4.98. The third-order valence-electron chi connectivity index (χ3n) is 8.06. The molecule has 2 aromatic heterocycles. The summed E-state index contributed by atoms with van der Waals surface area (Å²) in [7, 11) is 0. The molecule has 4 aromatic carbocycles. The summed E-state index contributed by atoms with van der Waals surface area (Å²) in [6.45, 7) is 18.4. The van der Waals surface area contributed by atoms with Crippen molar-refractivity contribution in [2.45, 2.75) is 67.2 Å². The number of pyridine rings is 1. The summed E-state index contributed by atoms with van der Waals surface area (Å²) in [5.74, 6) is 0. The van der Waals surface area contributed by atoms with Crippen LogP contribution in [0.2, 0.25) is 0 Å². The first-order chi connectivity index (χ1) is 18.9. The molecule has 0 N–H and O–H groups in total. The zero-order chi connectivity index (χ0) is 28.4. The number of aromatic nitrogens is 1. The Hall–Kier alpha value is -3.49. The summed E-state index contributed by atoms with van der Waals surface area (Å²) in [5, 5.41) is 5.21. The fourth-order valence-corrected chi connectivity index (χ4v) is 7.53. The molecule has 6 aromatic rings. The summed E-state index contributed by atoms with van der Waals surface area (Å²) in [6.07, 6.45) is 3.07. The molecule has 0 radical (unpaired) electrons. The Morgan fingerprint density at radius 3 is 2.15 bits per heavy atom. The van der Waals surface area contributed by atoms with Crippen molar-refractivity contribution in [2.24, 2.45) is 5.41 Å². The molecule has 0 atom stereocenters. The highest BCUT2D eigenvalue weighted by Crippen LogP contribution is 2.44. The van der Waals surface area contributed by atoms with Crippen LogP contribution in [0.25, 0.3) is 53.3 Å². The van der Waals surface area contributed by atoms with E-state index in [4.69, 9.17) is 4.98 Å². The molecule has 0 saturated carbocycles. The van der Waals surface area contributed by atoms with Gasteiger partial charge in [-0.15, -0.1) is 11.3 Å². The van der Waals surface area contributed by atoms with Gasteiger partial charge in [0.2, 0.25) is 0 Å². The highest BCUT2D eigenvalue weighted by atomic mass is 32.1. The lowest BCUT2D eigenvalue weighted by atomic mass is 9.82. The van der Waals surface area contributed by atoms with E-state index in [1.807, 2.05) is 17.5 Å². The second-order valence-corrected chi connectivity index (χ2v) is 14.7. The molecule has 1 nitrogen and oxygen atoms in total. The van der Waals surface area contributed by atoms with Crippen LogP contribution >= 0.6 is 11.3 Å². The molecule has 2 heteroatoms. The Morgan fingerprint density at radius 1 is 0.700 bits per heavy atom. The predicted octanol–water partition coefficient (Wildman–Crippen LogP) is 11.4. The molecule has 2 heterocycles. The molecule has 0 bridgehead atoms. The van der Waals surface area contributed by atoms with Gasteiger partial charge in [0, 0.05) is 27.2 Å². The topological polar surface area (TPSA) is 12.9 Å². The van der Waals surface area contributed by atoms with Crippen molar-refractivity contribution in [3.63, 3.8) is 0 Å². The molecule has 202 valence electrons. The van der Waals surface area contributed by atoms with E-state index in [1.54, 1.807) is 0 Å². The molecular formula is C38H39NS. The van der Waals surface area contributed by atoms with E-state index < -0.39 is 0 Å². The van der Waals surface area contributed by atoms with E-state index >= 15 is 0 Å². The van der Waals surface area contributed by atoms with Crippen LogP contribution in [0, 0.1) is 19.3 Å². The van der Waals surface area contributed by atoms with Crippen LogP contribution in [-0.2, 0) is 11.8 Å². The average molecular weight is 542 g/mol. The van der Waals surface area contributed by atoms with E-state index in [0.717, 1.165) is 12.1 Å². The number of thiophene rings is 1. The molecule has 0 fully saturated rings. The highest BCUT2D eigenvalue weighted by Gasteiger charge is 2.21. The number of hydrogen-bond acceptors (Lipinski definition) is 2. The normalized spacial score (nSPS) is 12.6. The van der Waals surface area contributed by atoms with Gasteiger partial charge in [-0.1, -0.05) is 96.1 Å². The van der Waals surface area contributed by atoms with Crippen LogP contribution in [0.1, 0.15) is 63.8 Å². The maximum absolute atomic E-state index is 4.98. The summed E-state index contributed by atoms with van der Waals surface area (Å²) in [6, 6.07) is 27.3. The van der Waals surface area contributed by atoms with Gasteiger partial charge in [0.05, 0.1) is 10.4 Å². The minimum atomic E-state index is 0.0372. The van der Waals surface area contributed by atoms with Crippen LogP contribution in [-0.4, -0.2) is 4.98 Å². The third-order valence-corrected chi connectivity index (χ3v) is 9.41. The molecule has 0 amide bonds. The average Bonchev–Trinajstić information content (AvgIpc) is 3.27. The minimum Gasteiger partial charge on any atom is -0.255 e. The van der Waals surface area contributed by atoms with Gasteiger partial charge in [0.15, 0.2) is 0 Å². The van der Waals surface area contributed by atoms with Crippen molar-refractivity contribution in [2.75, 3.05) is 0 Å². The highest BCUT2D eigenvalue weighted by molar-refractivity contribution is 7.26. The van der Waals surface area contributed by atoms with Crippen molar-refractivity contribution >= 4 is 42.3 Å².